The Labute approximate surface area is 118 Å². The van der Waals surface area contributed by atoms with E-state index in [9.17, 15) is 4.79 Å². The molecule has 2 rings (SSSR count). The molecule has 1 atom stereocenters. The zero-order valence-electron chi connectivity index (χ0n) is 10.8. The van der Waals surface area contributed by atoms with Crippen molar-refractivity contribution in [2.75, 3.05) is 0 Å². The molecule has 98 valence electrons. The smallest absolute Gasteiger partial charge is 0.225 e. The number of amides is 1. The number of carbonyl (C=O) groups excluding carboxylic acids is 1. The summed E-state index contributed by atoms with van der Waals surface area (Å²) in [5.74, 6) is -0.745. The largest absolute Gasteiger partial charge is 0.369 e. The summed E-state index contributed by atoms with van der Waals surface area (Å²) in [4.78, 5) is 11.7. The molecule has 19 heavy (non-hydrogen) atoms. The van der Waals surface area contributed by atoms with Crippen LogP contribution < -0.4 is 5.73 Å². The van der Waals surface area contributed by atoms with Gasteiger partial charge in [0.2, 0.25) is 5.91 Å². The molecular weight excluding hydrogens is 258 g/mol. The maximum atomic E-state index is 11.7. The summed E-state index contributed by atoms with van der Waals surface area (Å²) in [5, 5.41) is 0.582. The van der Waals surface area contributed by atoms with Gasteiger partial charge in [-0.05, 0) is 30.5 Å². The van der Waals surface area contributed by atoms with Crippen molar-refractivity contribution in [3.05, 3.63) is 70.2 Å². The molecule has 1 amide bonds. The second-order valence-corrected chi connectivity index (χ2v) is 5.08. The zero-order chi connectivity index (χ0) is 13.8. The Morgan fingerprint density at radius 1 is 1.21 bits per heavy atom. The quantitative estimate of drug-likeness (QED) is 0.911. The molecule has 3 heteroatoms. The van der Waals surface area contributed by atoms with Crippen molar-refractivity contribution >= 4 is 17.5 Å². The molecule has 0 aliphatic rings. The molecular formula is C16H16ClNO. The average Bonchev–Trinajstić information content (AvgIpc) is 2.37. The number of hydrogen-bond acceptors (Lipinski definition) is 1. The summed E-state index contributed by atoms with van der Waals surface area (Å²) in [6, 6.07) is 15.4. The van der Waals surface area contributed by atoms with E-state index < -0.39 is 5.92 Å². The van der Waals surface area contributed by atoms with Gasteiger partial charge < -0.3 is 5.73 Å². The molecule has 0 spiro atoms. The van der Waals surface area contributed by atoms with E-state index in [-0.39, 0.29) is 5.91 Å². The first-order valence-corrected chi connectivity index (χ1v) is 6.55. The molecule has 0 saturated heterocycles. The second-order valence-electron chi connectivity index (χ2n) is 4.67. The van der Waals surface area contributed by atoms with Gasteiger partial charge in [-0.3, -0.25) is 4.79 Å². The third-order valence-corrected chi connectivity index (χ3v) is 3.49. The van der Waals surface area contributed by atoms with Gasteiger partial charge in [0.25, 0.3) is 0 Å². The van der Waals surface area contributed by atoms with Gasteiger partial charge >= 0.3 is 0 Å². The lowest BCUT2D eigenvalue weighted by atomic mass is 9.91. The minimum absolute atomic E-state index is 0.352. The van der Waals surface area contributed by atoms with Crippen LogP contribution in [0.3, 0.4) is 0 Å². The molecule has 0 radical (unpaired) electrons. The van der Waals surface area contributed by atoms with Gasteiger partial charge in [-0.2, -0.15) is 0 Å². The first kappa shape index (κ1) is 13.6. The average molecular weight is 274 g/mol. The summed E-state index contributed by atoms with van der Waals surface area (Å²) < 4.78 is 0. The van der Waals surface area contributed by atoms with E-state index in [1.54, 1.807) is 6.07 Å². The van der Waals surface area contributed by atoms with Gasteiger partial charge in [-0.25, -0.2) is 0 Å². The van der Waals surface area contributed by atoms with E-state index in [1.807, 2.05) is 43.3 Å². The normalized spacial score (nSPS) is 12.1. The van der Waals surface area contributed by atoms with Crippen molar-refractivity contribution in [1.29, 1.82) is 0 Å². The van der Waals surface area contributed by atoms with Crippen LogP contribution in [0.2, 0.25) is 5.02 Å². The second kappa shape index (κ2) is 5.89. The Kier molecular flexibility index (Phi) is 4.23. The van der Waals surface area contributed by atoms with Crippen molar-refractivity contribution < 1.29 is 4.79 Å². The fraction of sp³-hybridized carbons (Fsp3) is 0.188. The SMILES string of the molecule is Cc1cccc(CC(C(N)=O)c2ccccc2Cl)c1. The lowest BCUT2D eigenvalue weighted by molar-refractivity contribution is -0.119. The van der Waals surface area contributed by atoms with E-state index in [1.165, 1.54) is 5.56 Å². The first-order chi connectivity index (χ1) is 9.08. The number of rotatable bonds is 4. The topological polar surface area (TPSA) is 43.1 Å². The number of benzene rings is 2. The van der Waals surface area contributed by atoms with E-state index in [0.29, 0.717) is 11.4 Å². The van der Waals surface area contributed by atoms with Crippen LogP contribution in [0.4, 0.5) is 0 Å². The number of nitrogens with two attached hydrogens (primary N) is 1. The third-order valence-electron chi connectivity index (χ3n) is 3.15. The van der Waals surface area contributed by atoms with Crippen LogP contribution in [0, 0.1) is 6.92 Å². The van der Waals surface area contributed by atoms with Gasteiger partial charge in [-0.15, -0.1) is 0 Å². The number of halogens is 1. The predicted octanol–water partition coefficient (Wildman–Crippen LogP) is 3.46. The Bertz CT molecular complexity index is 595. The Hall–Kier alpha value is -1.80. The highest BCUT2D eigenvalue weighted by atomic mass is 35.5. The molecule has 2 nitrogen and oxygen atoms in total. The van der Waals surface area contributed by atoms with E-state index in [0.717, 1.165) is 11.1 Å². The lowest BCUT2D eigenvalue weighted by Gasteiger charge is -2.15. The molecule has 2 N–H and O–H groups in total. The molecule has 0 fully saturated rings. The van der Waals surface area contributed by atoms with Crippen LogP contribution >= 0.6 is 11.6 Å². The van der Waals surface area contributed by atoms with E-state index in [2.05, 4.69) is 6.07 Å². The van der Waals surface area contributed by atoms with Crippen LogP contribution in [-0.4, -0.2) is 5.91 Å². The number of hydrogen-bond donors (Lipinski definition) is 1. The van der Waals surface area contributed by atoms with Crippen molar-refractivity contribution in [3.63, 3.8) is 0 Å². The Morgan fingerprint density at radius 3 is 2.58 bits per heavy atom. The first-order valence-electron chi connectivity index (χ1n) is 6.17. The molecule has 2 aromatic carbocycles. The molecule has 1 unspecified atom stereocenters. The fourth-order valence-electron chi connectivity index (χ4n) is 2.20. The molecule has 0 aromatic heterocycles. The van der Waals surface area contributed by atoms with Crippen LogP contribution in [0.1, 0.15) is 22.6 Å². The number of primary amides is 1. The summed E-state index contributed by atoms with van der Waals surface area (Å²) in [7, 11) is 0. The summed E-state index contributed by atoms with van der Waals surface area (Å²) >= 11 is 6.15. The third kappa shape index (κ3) is 3.36. The Balaban J connectivity index is 2.32. The minimum atomic E-state index is -0.393. The lowest BCUT2D eigenvalue weighted by Crippen LogP contribution is -2.23. The van der Waals surface area contributed by atoms with Crippen LogP contribution in [0.25, 0.3) is 0 Å². The van der Waals surface area contributed by atoms with Gasteiger partial charge in [0.05, 0.1) is 5.92 Å². The van der Waals surface area contributed by atoms with Gasteiger partial charge in [0, 0.05) is 5.02 Å². The summed E-state index contributed by atoms with van der Waals surface area (Å²) in [6.07, 6.45) is 0.570. The maximum absolute atomic E-state index is 11.7. The molecule has 2 aromatic rings. The monoisotopic (exact) mass is 273 g/mol. The van der Waals surface area contributed by atoms with E-state index in [4.69, 9.17) is 17.3 Å². The van der Waals surface area contributed by atoms with Crippen molar-refractivity contribution in [2.45, 2.75) is 19.3 Å². The molecule has 0 saturated carbocycles. The standard InChI is InChI=1S/C16H16ClNO/c1-11-5-4-6-12(9-11)10-14(16(18)19)13-7-2-3-8-15(13)17/h2-9,14H,10H2,1H3,(H2,18,19). The van der Waals surface area contributed by atoms with Crippen LogP contribution in [0.15, 0.2) is 48.5 Å². The van der Waals surface area contributed by atoms with Crippen LogP contribution in [0.5, 0.6) is 0 Å². The molecule has 0 aliphatic heterocycles. The number of aryl methyl sites for hydroxylation is 1. The predicted molar refractivity (Wildman–Crippen MR) is 78.3 cm³/mol. The minimum Gasteiger partial charge on any atom is -0.369 e. The van der Waals surface area contributed by atoms with Gasteiger partial charge in [0.15, 0.2) is 0 Å². The highest BCUT2D eigenvalue weighted by Crippen LogP contribution is 2.27. The molecule has 0 aliphatic carbocycles. The molecule has 0 heterocycles. The van der Waals surface area contributed by atoms with Gasteiger partial charge in [-0.1, -0.05) is 59.6 Å². The highest BCUT2D eigenvalue weighted by molar-refractivity contribution is 6.31. The van der Waals surface area contributed by atoms with Gasteiger partial charge in [0.1, 0.15) is 0 Å². The van der Waals surface area contributed by atoms with Crippen molar-refractivity contribution in [2.24, 2.45) is 5.73 Å². The summed E-state index contributed by atoms with van der Waals surface area (Å²) in [6.45, 7) is 2.03. The van der Waals surface area contributed by atoms with Crippen molar-refractivity contribution in [1.82, 2.24) is 0 Å². The zero-order valence-corrected chi connectivity index (χ0v) is 11.5. The van der Waals surface area contributed by atoms with Crippen LogP contribution in [-0.2, 0) is 11.2 Å². The van der Waals surface area contributed by atoms with E-state index >= 15 is 0 Å². The van der Waals surface area contributed by atoms with Crippen molar-refractivity contribution in [3.8, 4) is 0 Å². The fourth-order valence-corrected chi connectivity index (χ4v) is 2.46. The molecule has 0 bridgehead atoms. The Morgan fingerprint density at radius 2 is 1.95 bits per heavy atom. The maximum Gasteiger partial charge on any atom is 0.225 e. The number of carbonyl (C=O) groups is 1. The summed E-state index contributed by atoms with van der Waals surface area (Å²) in [5.41, 5.74) is 8.57. The highest BCUT2D eigenvalue weighted by Gasteiger charge is 2.20.